The van der Waals surface area contributed by atoms with E-state index >= 15 is 0 Å². The lowest BCUT2D eigenvalue weighted by Gasteiger charge is -2.05. The van der Waals surface area contributed by atoms with Crippen LogP contribution in [0.2, 0.25) is 0 Å². The molecule has 0 aliphatic heterocycles. The van der Waals surface area contributed by atoms with E-state index in [2.05, 4.69) is 35.0 Å². The Kier molecular flexibility index (Phi) is 2.95. The maximum Gasteiger partial charge on any atom is 0.221 e. The first-order chi connectivity index (χ1) is 7.72. The molecular weight excluding hydrogens is 200 g/mol. The van der Waals surface area contributed by atoms with Crippen molar-refractivity contribution in [2.24, 2.45) is 0 Å². The Morgan fingerprint density at radius 3 is 2.94 bits per heavy atom. The molecule has 0 atom stereocenters. The highest BCUT2D eigenvalue weighted by atomic mass is 16.1. The fraction of sp³-hybridized carbons (Fsp3) is 0.308. The van der Waals surface area contributed by atoms with Crippen molar-refractivity contribution in [2.75, 3.05) is 7.05 Å². The number of amides is 1. The molecule has 0 saturated heterocycles. The van der Waals surface area contributed by atoms with Gasteiger partial charge in [0, 0.05) is 37.1 Å². The molecule has 1 aromatic carbocycles. The lowest BCUT2D eigenvalue weighted by Crippen LogP contribution is -2.19. The second-order valence-electron chi connectivity index (χ2n) is 3.94. The molecule has 0 radical (unpaired) electrons. The molecule has 3 nitrogen and oxygen atoms in total. The summed E-state index contributed by atoms with van der Waals surface area (Å²) >= 11 is 0. The lowest BCUT2D eigenvalue weighted by atomic mass is 10.1. The second-order valence-corrected chi connectivity index (χ2v) is 3.94. The molecule has 84 valence electrons. The highest BCUT2D eigenvalue weighted by molar-refractivity contribution is 5.83. The number of aromatic nitrogens is 1. The zero-order chi connectivity index (χ0) is 11.5. The van der Waals surface area contributed by atoms with E-state index in [4.69, 9.17) is 0 Å². The molecule has 16 heavy (non-hydrogen) atoms. The van der Waals surface area contributed by atoms with Gasteiger partial charge in [-0.1, -0.05) is 12.1 Å². The van der Waals surface area contributed by atoms with Crippen LogP contribution in [-0.4, -0.2) is 17.5 Å². The highest BCUT2D eigenvalue weighted by Crippen LogP contribution is 2.19. The number of hydrogen-bond donors (Lipinski definition) is 1. The zero-order valence-electron chi connectivity index (χ0n) is 9.66. The van der Waals surface area contributed by atoms with E-state index in [1.54, 1.807) is 7.05 Å². The van der Waals surface area contributed by atoms with Crippen molar-refractivity contribution < 1.29 is 4.79 Å². The normalized spacial score (nSPS) is 10.6. The third-order valence-electron chi connectivity index (χ3n) is 2.89. The van der Waals surface area contributed by atoms with E-state index in [9.17, 15) is 4.79 Å². The summed E-state index contributed by atoms with van der Waals surface area (Å²) < 4.78 is 2.12. The van der Waals surface area contributed by atoms with Crippen LogP contribution in [0.3, 0.4) is 0 Å². The Labute approximate surface area is 95.1 Å². The Balaban J connectivity index is 2.25. The number of nitrogens with zero attached hydrogens (tertiary/aromatic N) is 1. The molecule has 1 aromatic heterocycles. The average molecular weight is 216 g/mol. The fourth-order valence-corrected chi connectivity index (χ4v) is 1.92. The van der Waals surface area contributed by atoms with Crippen molar-refractivity contribution >= 4 is 16.8 Å². The Morgan fingerprint density at radius 1 is 1.38 bits per heavy atom. The van der Waals surface area contributed by atoms with Gasteiger partial charge in [-0.05, 0) is 24.6 Å². The number of carbonyl (C=O) groups excluding carboxylic acids is 1. The van der Waals surface area contributed by atoms with Gasteiger partial charge in [0.15, 0.2) is 0 Å². The summed E-state index contributed by atoms with van der Waals surface area (Å²) in [6.45, 7) is 2.83. The van der Waals surface area contributed by atoms with Gasteiger partial charge in [0.2, 0.25) is 5.91 Å². The molecule has 3 heteroatoms. The van der Waals surface area contributed by atoms with Gasteiger partial charge >= 0.3 is 0 Å². The van der Waals surface area contributed by atoms with Crippen molar-refractivity contribution in [3.63, 3.8) is 0 Å². The molecule has 1 N–H and O–H groups in total. The van der Waals surface area contributed by atoms with Crippen LogP contribution in [0.1, 0.15) is 12.0 Å². The van der Waals surface area contributed by atoms with E-state index in [0.717, 1.165) is 6.54 Å². The van der Waals surface area contributed by atoms with Crippen LogP contribution < -0.4 is 5.32 Å². The van der Waals surface area contributed by atoms with Crippen LogP contribution in [-0.2, 0) is 11.3 Å². The molecule has 2 aromatic rings. The van der Waals surface area contributed by atoms with E-state index in [0.29, 0.717) is 6.42 Å². The zero-order valence-corrected chi connectivity index (χ0v) is 9.66. The number of rotatable bonds is 3. The van der Waals surface area contributed by atoms with Gasteiger partial charge in [-0.15, -0.1) is 0 Å². The van der Waals surface area contributed by atoms with Gasteiger partial charge in [-0.2, -0.15) is 0 Å². The Morgan fingerprint density at radius 2 is 2.19 bits per heavy atom. The smallest absolute Gasteiger partial charge is 0.221 e. The average Bonchev–Trinajstić information content (AvgIpc) is 2.70. The van der Waals surface area contributed by atoms with E-state index < -0.39 is 0 Å². The monoisotopic (exact) mass is 216 g/mol. The molecule has 1 amide bonds. The number of hydrogen-bond acceptors (Lipinski definition) is 1. The number of fused-ring (bicyclic) bond motifs is 1. The summed E-state index contributed by atoms with van der Waals surface area (Å²) in [5.41, 5.74) is 2.47. The van der Waals surface area contributed by atoms with Crippen LogP contribution in [0.25, 0.3) is 10.9 Å². The lowest BCUT2D eigenvalue weighted by molar-refractivity contribution is -0.120. The number of carbonyl (C=O) groups is 1. The Hall–Kier alpha value is -1.77. The summed E-state index contributed by atoms with van der Waals surface area (Å²) in [6.07, 6.45) is 2.56. The predicted octanol–water partition coefficient (Wildman–Crippen LogP) is 2.09. The van der Waals surface area contributed by atoms with Crippen LogP contribution in [0.5, 0.6) is 0 Å². The second kappa shape index (κ2) is 4.39. The highest BCUT2D eigenvalue weighted by Gasteiger charge is 2.04. The van der Waals surface area contributed by atoms with Gasteiger partial charge < -0.3 is 9.88 Å². The first-order valence-corrected chi connectivity index (χ1v) is 5.47. The SMILES string of the molecule is CNC(=O)CCn1ccc2c(C)cccc21. The number of benzene rings is 1. The number of nitrogens with one attached hydrogen (secondary N) is 1. The van der Waals surface area contributed by atoms with Crippen LogP contribution in [0.4, 0.5) is 0 Å². The standard InChI is InChI=1S/C13H16N2O/c1-10-4-3-5-12-11(10)6-8-15(12)9-7-13(16)14-2/h3-6,8H,7,9H2,1-2H3,(H,14,16). The molecule has 2 rings (SSSR count). The summed E-state index contributed by atoms with van der Waals surface area (Å²) in [7, 11) is 1.67. The molecule has 0 saturated carbocycles. The molecule has 1 heterocycles. The van der Waals surface area contributed by atoms with Crippen molar-refractivity contribution in [3.8, 4) is 0 Å². The van der Waals surface area contributed by atoms with E-state index in [1.807, 2.05) is 12.3 Å². The van der Waals surface area contributed by atoms with Gasteiger partial charge in [0.05, 0.1) is 0 Å². The third kappa shape index (κ3) is 1.94. The molecule has 0 fully saturated rings. The molecule has 0 spiro atoms. The molecular formula is C13H16N2O. The van der Waals surface area contributed by atoms with Crippen LogP contribution in [0, 0.1) is 6.92 Å². The first-order valence-electron chi connectivity index (χ1n) is 5.47. The maximum atomic E-state index is 11.2. The van der Waals surface area contributed by atoms with Crippen molar-refractivity contribution in [3.05, 3.63) is 36.0 Å². The van der Waals surface area contributed by atoms with E-state index in [1.165, 1.54) is 16.5 Å². The van der Waals surface area contributed by atoms with Crippen LogP contribution >= 0.6 is 0 Å². The first kappa shape index (κ1) is 10.7. The van der Waals surface area contributed by atoms with Crippen LogP contribution in [0.15, 0.2) is 30.5 Å². The third-order valence-corrected chi connectivity index (χ3v) is 2.89. The topological polar surface area (TPSA) is 34.0 Å². The van der Waals surface area contributed by atoms with Crippen molar-refractivity contribution in [1.82, 2.24) is 9.88 Å². The summed E-state index contributed by atoms with van der Waals surface area (Å²) in [5.74, 6) is 0.0782. The number of aryl methyl sites for hydroxylation is 2. The Bertz CT molecular complexity index is 514. The molecule has 0 aliphatic rings. The quantitative estimate of drug-likeness (QED) is 0.837. The summed E-state index contributed by atoms with van der Waals surface area (Å²) in [5, 5.41) is 3.90. The minimum Gasteiger partial charge on any atom is -0.359 e. The summed E-state index contributed by atoms with van der Waals surface area (Å²) in [6, 6.07) is 8.35. The van der Waals surface area contributed by atoms with Crippen molar-refractivity contribution in [2.45, 2.75) is 19.9 Å². The van der Waals surface area contributed by atoms with Gasteiger partial charge in [0.25, 0.3) is 0 Å². The minimum absolute atomic E-state index is 0.0782. The molecule has 0 aliphatic carbocycles. The molecule has 0 bridgehead atoms. The van der Waals surface area contributed by atoms with E-state index in [-0.39, 0.29) is 5.91 Å². The minimum atomic E-state index is 0.0782. The maximum absolute atomic E-state index is 11.2. The fourth-order valence-electron chi connectivity index (χ4n) is 1.92. The van der Waals surface area contributed by atoms with Gasteiger partial charge in [-0.3, -0.25) is 4.79 Å². The molecule has 0 unspecified atom stereocenters. The van der Waals surface area contributed by atoms with Gasteiger partial charge in [-0.25, -0.2) is 0 Å². The predicted molar refractivity (Wildman–Crippen MR) is 65.4 cm³/mol. The largest absolute Gasteiger partial charge is 0.359 e. The van der Waals surface area contributed by atoms with Crippen molar-refractivity contribution in [1.29, 1.82) is 0 Å². The van der Waals surface area contributed by atoms with Gasteiger partial charge in [0.1, 0.15) is 0 Å². The summed E-state index contributed by atoms with van der Waals surface area (Å²) in [4.78, 5) is 11.2.